The van der Waals surface area contributed by atoms with Crippen LogP contribution in [0.25, 0.3) is 0 Å². The maximum absolute atomic E-state index is 11.4. The largest absolute Gasteiger partial charge is 0.298 e. The minimum atomic E-state index is -2.76. The maximum atomic E-state index is 11.4. The van der Waals surface area contributed by atoms with Crippen LogP contribution in [0.2, 0.25) is 0 Å². The van der Waals surface area contributed by atoms with Crippen molar-refractivity contribution in [2.24, 2.45) is 0 Å². The molecule has 78 valence electrons. The summed E-state index contributed by atoms with van der Waals surface area (Å²) in [7, 11) is -2.76. The van der Waals surface area contributed by atoms with E-state index < -0.39 is 9.84 Å². The highest BCUT2D eigenvalue weighted by Gasteiger charge is 2.47. The monoisotopic (exact) mass is 214 g/mol. The average molecular weight is 214 g/mol. The third-order valence-corrected chi connectivity index (χ3v) is 5.36. The van der Waals surface area contributed by atoms with E-state index in [9.17, 15) is 8.42 Å². The second kappa shape index (κ2) is 3.52. The summed E-state index contributed by atoms with van der Waals surface area (Å²) in [5.74, 6) is 0.338. The molecule has 0 aromatic heterocycles. The molecule has 2 heterocycles. The van der Waals surface area contributed by atoms with Crippen LogP contribution in [0.15, 0.2) is 0 Å². The molecule has 5 heteroatoms. The molecule has 0 radical (unpaired) electrons. The van der Waals surface area contributed by atoms with E-state index in [4.69, 9.17) is 5.26 Å². The van der Waals surface area contributed by atoms with Crippen molar-refractivity contribution in [3.8, 4) is 6.07 Å². The van der Waals surface area contributed by atoms with Gasteiger partial charge in [-0.15, -0.1) is 0 Å². The van der Waals surface area contributed by atoms with E-state index in [2.05, 4.69) is 11.0 Å². The van der Waals surface area contributed by atoms with Gasteiger partial charge in [-0.3, -0.25) is 4.90 Å². The topological polar surface area (TPSA) is 61.2 Å². The molecule has 0 aromatic rings. The van der Waals surface area contributed by atoms with Crippen LogP contribution in [-0.2, 0) is 9.84 Å². The molecular weight excluding hydrogens is 200 g/mol. The molecular formula is C9H14N2O2S. The first-order valence-corrected chi connectivity index (χ1v) is 6.67. The Morgan fingerprint density at radius 2 is 2.29 bits per heavy atom. The highest BCUT2D eigenvalue weighted by molar-refractivity contribution is 7.92. The highest BCUT2D eigenvalue weighted by atomic mass is 32.2. The van der Waals surface area contributed by atoms with Crippen molar-refractivity contribution in [1.29, 1.82) is 5.26 Å². The predicted molar refractivity (Wildman–Crippen MR) is 52.4 cm³/mol. The van der Waals surface area contributed by atoms with Gasteiger partial charge in [0.05, 0.1) is 17.1 Å². The first-order valence-electron chi connectivity index (χ1n) is 4.96. The molecule has 4 nitrogen and oxygen atoms in total. The molecule has 2 rings (SSSR count). The number of nitriles is 1. The molecule has 0 amide bonds. The number of sulfone groups is 1. The van der Waals surface area contributed by atoms with Gasteiger partial charge < -0.3 is 0 Å². The van der Waals surface area contributed by atoms with Crippen LogP contribution in [0.3, 0.4) is 0 Å². The van der Waals surface area contributed by atoms with Crippen LogP contribution in [0.1, 0.15) is 19.3 Å². The van der Waals surface area contributed by atoms with Gasteiger partial charge in [-0.05, 0) is 19.4 Å². The predicted octanol–water partition coefficient (Wildman–Crippen LogP) is 0.161. The molecule has 0 aromatic carbocycles. The average Bonchev–Trinajstić information content (AvgIpc) is 2.60. The Morgan fingerprint density at radius 1 is 1.50 bits per heavy atom. The first kappa shape index (κ1) is 9.94. The van der Waals surface area contributed by atoms with Gasteiger partial charge in [0.2, 0.25) is 0 Å². The SMILES string of the molecule is N#CCCCN1CC2CC1CS2(=O)=O. The quantitative estimate of drug-likeness (QED) is 0.628. The minimum Gasteiger partial charge on any atom is -0.298 e. The molecule has 14 heavy (non-hydrogen) atoms. The fraction of sp³-hybridized carbons (Fsp3) is 0.889. The smallest absolute Gasteiger partial charge is 0.156 e. The van der Waals surface area contributed by atoms with Crippen molar-refractivity contribution in [2.75, 3.05) is 18.8 Å². The Bertz CT molecular complexity index is 357. The molecule has 2 atom stereocenters. The lowest BCUT2D eigenvalue weighted by molar-refractivity contribution is 0.263. The lowest BCUT2D eigenvalue weighted by Crippen LogP contribution is -2.40. The summed E-state index contributed by atoms with van der Waals surface area (Å²) in [5.41, 5.74) is 0. The summed E-state index contributed by atoms with van der Waals surface area (Å²) >= 11 is 0. The van der Waals surface area contributed by atoms with Gasteiger partial charge in [0.1, 0.15) is 0 Å². The fourth-order valence-corrected chi connectivity index (χ4v) is 4.50. The molecule has 2 aliphatic rings. The molecule has 0 saturated carbocycles. The number of nitrogens with zero attached hydrogens (tertiary/aromatic N) is 2. The molecule has 0 aliphatic carbocycles. The Morgan fingerprint density at radius 3 is 2.79 bits per heavy atom. The van der Waals surface area contributed by atoms with Gasteiger partial charge in [-0.1, -0.05) is 0 Å². The second-order valence-corrected chi connectivity index (χ2v) is 6.42. The molecule has 2 fully saturated rings. The number of hydrogen-bond donors (Lipinski definition) is 0. The third-order valence-electron chi connectivity index (χ3n) is 3.16. The first-order chi connectivity index (χ1) is 6.63. The normalized spacial score (nSPS) is 34.5. The van der Waals surface area contributed by atoms with Gasteiger partial charge in [-0.2, -0.15) is 5.26 Å². The number of fused-ring (bicyclic) bond motifs is 2. The van der Waals surface area contributed by atoms with Gasteiger partial charge in [0.15, 0.2) is 9.84 Å². The molecule has 2 aliphatic heterocycles. The molecule has 0 spiro atoms. The number of hydrogen-bond acceptors (Lipinski definition) is 4. The summed E-state index contributed by atoms with van der Waals surface area (Å²) in [5, 5.41) is 8.27. The Balaban J connectivity index is 1.88. The Hall–Kier alpha value is -0.600. The van der Waals surface area contributed by atoms with Crippen molar-refractivity contribution < 1.29 is 8.42 Å². The summed E-state index contributed by atoms with van der Waals surface area (Å²) < 4.78 is 22.8. The van der Waals surface area contributed by atoms with E-state index in [1.807, 2.05) is 0 Å². The highest BCUT2D eigenvalue weighted by Crippen LogP contribution is 2.32. The zero-order valence-corrected chi connectivity index (χ0v) is 8.83. The summed E-state index contributed by atoms with van der Waals surface area (Å²) in [6, 6.07) is 2.35. The zero-order chi connectivity index (χ0) is 10.2. The third kappa shape index (κ3) is 1.64. The van der Waals surface area contributed by atoms with E-state index in [0.29, 0.717) is 18.7 Å². The summed E-state index contributed by atoms with van der Waals surface area (Å²) in [6.07, 6.45) is 2.25. The molecule has 2 bridgehead atoms. The Labute approximate surface area is 84.4 Å². The minimum absolute atomic E-state index is 0.116. The van der Waals surface area contributed by atoms with E-state index in [1.54, 1.807) is 0 Å². The Kier molecular flexibility index (Phi) is 2.50. The summed E-state index contributed by atoms with van der Waals surface area (Å²) in [4.78, 5) is 2.23. The number of unbranched alkanes of at least 4 members (excludes halogenated alkanes) is 1. The number of rotatable bonds is 3. The van der Waals surface area contributed by atoms with E-state index >= 15 is 0 Å². The van der Waals surface area contributed by atoms with Crippen LogP contribution in [0, 0.1) is 11.3 Å². The van der Waals surface area contributed by atoms with Gasteiger partial charge in [0.25, 0.3) is 0 Å². The van der Waals surface area contributed by atoms with Crippen molar-refractivity contribution >= 4 is 9.84 Å². The zero-order valence-electron chi connectivity index (χ0n) is 8.02. The molecule has 2 saturated heterocycles. The van der Waals surface area contributed by atoms with Crippen molar-refractivity contribution in [3.63, 3.8) is 0 Å². The van der Waals surface area contributed by atoms with Crippen LogP contribution in [-0.4, -0.2) is 43.5 Å². The van der Waals surface area contributed by atoms with Crippen LogP contribution in [0.4, 0.5) is 0 Å². The van der Waals surface area contributed by atoms with E-state index in [0.717, 1.165) is 19.4 Å². The molecule has 2 unspecified atom stereocenters. The summed E-state index contributed by atoms with van der Waals surface area (Å²) in [6.45, 7) is 1.57. The lowest BCUT2D eigenvalue weighted by Gasteiger charge is -2.25. The van der Waals surface area contributed by atoms with Crippen molar-refractivity contribution in [2.45, 2.75) is 30.6 Å². The van der Waals surface area contributed by atoms with Gasteiger partial charge in [-0.25, -0.2) is 8.42 Å². The van der Waals surface area contributed by atoms with Crippen LogP contribution in [0.5, 0.6) is 0 Å². The molecule has 0 N–H and O–H groups in total. The van der Waals surface area contributed by atoms with Crippen LogP contribution >= 0.6 is 0 Å². The van der Waals surface area contributed by atoms with Crippen LogP contribution < -0.4 is 0 Å². The van der Waals surface area contributed by atoms with Gasteiger partial charge in [0, 0.05) is 19.0 Å². The lowest BCUT2D eigenvalue weighted by atomic mass is 10.2. The van der Waals surface area contributed by atoms with Crippen molar-refractivity contribution in [3.05, 3.63) is 0 Å². The van der Waals surface area contributed by atoms with Crippen molar-refractivity contribution in [1.82, 2.24) is 4.90 Å². The second-order valence-electron chi connectivity index (χ2n) is 4.10. The van der Waals surface area contributed by atoms with Gasteiger partial charge >= 0.3 is 0 Å². The fourth-order valence-electron chi connectivity index (χ4n) is 2.41. The van der Waals surface area contributed by atoms with E-state index in [-0.39, 0.29) is 11.3 Å². The van der Waals surface area contributed by atoms with E-state index in [1.165, 1.54) is 0 Å². The maximum Gasteiger partial charge on any atom is 0.156 e. The standard InChI is InChI=1S/C9H14N2O2S/c10-3-1-2-4-11-6-9-5-8(11)7-14(9,12)13/h8-9H,1-2,4-7H2. The number of likely N-dealkylation sites (tertiary alicyclic amines) is 1.